The largest absolute Gasteiger partial charge is 0.416 e. The first kappa shape index (κ1) is 16.8. The predicted molar refractivity (Wildman–Crippen MR) is 75.0 cm³/mol. The molecule has 2 rings (SSSR count). The van der Waals surface area contributed by atoms with Crippen molar-refractivity contribution in [2.75, 3.05) is 6.54 Å². The summed E-state index contributed by atoms with van der Waals surface area (Å²) in [5.41, 5.74) is 4.77. The quantitative estimate of drug-likeness (QED) is 0.896. The summed E-state index contributed by atoms with van der Waals surface area (Å²) in [6.07, 6.45) is -4.05. The zero-order valence-corrected chi connectivity index (χ0v) is 12.2. The molecular formula is C15H19F3N2O2. The Morgan fingerprint density at radius 1 is 1.41 bits per heavy atom. The number of benzene rings is 1. The molecule has 1 aromatic carbocycles. The standard InChI is InChI=1S/C15H19F3N2O2/c1-9(11-4-2-3-5-12(11)15(16,17)18)20-14(21)13-7-6-10(8-19)22-13/h2-5,9-10,13H,6-8,19H2,1H3,(H,20,21)/t9?,10-,13+/m1/s1. The van der Waals surface area contributed by atoms with Crippen molar-refractivity contribution in [2.45, 2.75) is 44.2 Å². The third kappa shape index (κ3) is 3.78. The van der Waals surface area contributed by atoms with Crippen molar-refractivity contribution < 1.29 is 22.7 Å². The third-order valence-corrected chi connectivity index (χ3v) is 3.75. The van der Waals surface area contributed by atoms with Gasteiger partial charge in [-0.1, -0.05) is 18.2 Å². The number of carbonyl (C=O) groups is 1. The van der Waals surface area contributed by atoms with Crippen LogP contribution in [0.15, 0.2) is 24.3 Å². The molecule has 1 amide bonds. The second kappa shape index (κ2) is 6.66. The van der Waals surface area contributed by atoms with Crippen LogP contribution in [0, 0.1) is 0 Å². The van der Waals surface area contributed by atoms with Crippen LogP contribution in [-0.4, -0.2) is 24.7 Å². The van der Waals surface area contributed by atoms with Gasteiger partial charge in [0, 0.05) is 6.54 Å². The average Bonchev–Trinajstić information content (AvgIpc) is 2.95. The van der Waals surface area contributed by atoms with E-state index < -0.39 is 29.8 Å². The van der Waals surface area contributed by atoms with E-state index in [-0.39, 0.29) is 11.7 Å². The topological polar surface area (TPSA) is 64.4 Å². The molecule has 1 fully saturated rings. The molecule has 1 unspecified atom stereocenters. The number of hydrogen-bond acceptors (Lipinski definition) is 3. The molecule has 4 nitrogen and oxygen atoms in total. The van der Waals surface area contributed by atoms with Gasteiger partial charge in [-0.15, -0.1) is 0 Å². The molecule has 1 aromatic rings. The molecule has 22 heavy (non-hydrogen) atoms. The fourth-order valence-electron chi connectivity index (χ4n) is 2.59. The maximum absolute atomic E-state index is 13.0. The van der Waals surface area contributed by atoms with Gasteiger partial charge in [0.2, 0.25) is 5.91 Å². The van der Waals surface area contributed by atoms with Crippen LogP contribution in [-0.2, 0) is 15.7 Å². The average molecular weight is 316 g/mol. The van der Waals surface area contributed by atoms with E-state index in [2.05, 4.69) is 5.32 Å². The van der Waals surface area contributed by atoms with Crippen LogP contribution < -0.4 is 11.1 Å². The molecule has 1 heterocycles. The Morgan fingerprint density at radius 2 is 2.09 bits per heavy atom. The van der Waals surface area contributed by atoms with Crippen molar-refractivity contribution in [3.05, 3.63) is 35.4 Å². The molecule has 0 aliphatic carbocycles. The number of carbonyl (C=O) groups excluding carboxylic acids is 1. The second-order valence-corrected chi connectivity index (χ2v) is 5.38. The lowest BCUT2D eigenvalue weighted by Crippen LogP contribution is -2.37. The number of rotatable bonds is 4. The van der Waals surface area contributed by atoms with Crippen molar-refractivity contribution in [2.24, 2.45) is 5.73 Å². The zero-order valence-electron chi connectivity index (χ0n) is 12.2. The number of halogens is 3. The van der Waals surface area contributed by atoms with Crippen molar-refractivity contribution >= 4 is 5.91 Å². The van der Waals surface area contributed by atoms with Crippen LogP contribution in [0.1, 0.15) is 36.9 Å². The van der Waals surface area contributed by atoms with Gasteiger partial charge in [0.15, 0.2) is 0 Å². The molecule has 1 saturated heterocycles. The van der Waals surface area contributed by atoms with E-state index in [9.17, 15) is 18.0 Å². The van der Waals surface area contributed by atoms with Gasteiger partial charge in [0.05, 0.1) is 17.7 Å². The molecule has 1 aliphatic rings. The molecule has 0 spiro atoms. The van der Waals surface area contributed by atoms with Gasteiger partial charge < -0.3 is 15.8 Å². The summed E-state index contributed by atoms with van der Waals surface area (Å²) in [7, 11) is 0. The minimum Gasteiger partial charge on any atom is -0.364 e. The second-order valence-electron chi connectivity index (χ2n) is 5.38. The maximum Gasteiger partial charge on any atom is 0.416 e. The summed E-state index contributed by atoms with van der Waals surface area (Å²) in [6, 6.07) is 4.46. The Hall–Kier alpha value is -1.60. The number of alkyl halides is 3. The fourth-order valence-corrected chi connectivity index (χ4v) is 2.59. The van der Waals surface area contributed by atoms with Crippen molar-refractivity contribution in [3.8, 4) is 0 Å². The molecule has 122 valence electrons. The van der Waals surface area contributed by atoms with E-state index in [4.69, 9.17) is 10.5 Å². The van der Waals surface area contributed by atoms with E-state index in [1.54, 1.807) is 0 Å². The van der Waals surface area contributed by atoms with Gasteiger partial charge in [-0.05, 0) is 31.4 Å². The molecule has 3 N–H and O–H groups in total. The summed E-state index contributed by atoms with van der Waals surface area (Å²) in [5, 5.41) is 2.59. The van der Waals surface area contributed by atoms with Crippen LogP contribution in [0.25, 0.3) is 0 Å². The number of ether oxygens (including phenoxy) is 1. The van der Waals surface area contributed by atoms with E-state index in [1.165, 1.54) is 25.1 Å². The van der Waals surface area contributed by atoms with Gasteiger partial charge in [-0.3, -0.25) is 4.79 Å². The van der Waals surface area contributed by atoms with E-state index in [0.717, 1.165) is 6.07 Å². The lowest BCUT2D eigenvalue weighted by molar-refractivity contribution is -0.139. The van der Waals surface area contributed by atoms with Crippen LogP contribution in [0.5, 0.6) is 0 Å². The molecule has 7 heteroatoms. The first-order valence-corrected chi connectivity index (χ1v) is 7.15. The van der Waals surface area contributed by atoms with Crippen LogP contribution >= 0.6 is 0 Å². The Labute approximate surface area is 126 Å². The van der Waals surface area contributed by atoms with Crippen LogP contribution in [0.2, 0.25) is 0 Å². The molecular weight excluding hydrogens is 297 g/mol. The molecule has 0 bridgehead atoms. The van der Waals surface area contributed by atoms with Crippen LogP contribution in [0.3, 0.4) is 0 Å². The Kier molecular flexibility index (Phi) is 5.08. The van der Waals surface area contributed by atoms with Crippen molar-refractivity contribution in [1.82, 2.24) is 5.32 Å². The first-order chi connectivity index (χ1) is 10.3. The smallest absolute Gasteiger partial charge is 0.364 e. The summed E-state index contributed by atoms with van der Waals surface area (Å²) in [6.45, 7) is 1.86. The zero-order chi connectivity index (χ0) is 16.3. The summed E-state index contributed by atoms with van der Waals surface area (Å²) < 4.78 is 44.4. The van der Waals surface area contributed by atoms with Crippen molar-refractivity contribution in [3.63, 3.8) is 0 Å². The summed E-state index contributed by atoms with van der Waals surface area (Å²) in [5.74, 6) is -0.402. The maximum atomic E-state index is 13.0. The molecule has 0 saturated carbocycles. The van der Waals surface area contributed by atoms with Crippen LogP contribution in [0.4, 0.5) is 13.2 Å². The minimum absolute atomic E-state index is 0.0386. The fraction of sp³-hybridized carbons (Fsp3) is 0.533. The lowest BCUT2D eigenvalue weighted by Gasteiger charge is -2.21. The Bertz CT molecular complexity index is 534. The van der Waals surface area contributed by atoms with Gasteiger partial charge in [-0.2, -0.15) is 13.2 Å². The summed E-state index contributed by atoms with van der Waals surface area (Å²) in [4.78, 5) is 12.1. The van der Waals surface area contributed by atoms with Gasteiger partial charge in [0.25, 0.3) is 0 Å². The highest BCUT2D eigenvalue weighted by atomic mass is 19.4. The number of hydrogen-bond donors (Lipinski definition) is 2. The highest BCUT2D eigenvalue weighted by Gasteiger charge is 2.35. The number of nitrogens with one attached hydrogen (secondary N) is 1. The normalized spacial score (nSPS) is 23.3. The number of amides is 1. The van der Waals surface area contributed by atoms with E-state index in [1.807, 2.05) is 0 Å². The first-order valence-electron chi connectivity index (χ1n) is 7.15. The van der Waals surface area contributed by atoms with Gasteiger partial charge >= 0.3 is 6.18 Å². The minimum atomic E-state index is -4.45. The van der Waals surface area contributed by atoms with E-state index >= 15 is 0 Å². The van der Waals surface area contributed by atoms with Gasteiger partial charge in [-0.25, -0.2) is 0 Å². The van der Waals surface area contributed by atoms with Gasteiger partial charge in [0.1, 0.15) is 6.10 Å². The molecule has 1 aliphatic heterocycles. The molecule has 0 radical (unpaired) electrons. The third-order valence-electron chi connectivity index (χ3n) is 3.75. The predicted octanol–water partition coefficient (Wildman–Crippen LogP) is 2.39. The Morgan fingerprint density at radius 3 is 2.68 bits per heavy atom. The highest BCUT2D eigenvalue weighted by Crippen LogP contribution is 2.34. The van der Waals surface area contributed by atoms with E-state index in [0.29, 0.717) is 19.4 Å². The molecule has 3 atom stereocenters. The lowest BCUT2D eigenvalue weighted by atomic mass is 10.0. The highest BCUT2D eigenvalue weighted by molar-refractivity contribution is 5.81. The van der Waals surface area contributed by atoms with Crippen molar-refractivity contribution in [1.29, 1.82) is 0 Å². The summed E-state index contributed by atoms with van der Waals surface area (Å²) >= 11 is 0. The SMILES string of the molecule is CC(NC(=O)[C@@H]1CC[C@H](CN)O1)c1ccccc1C(F)(F)F. The Balaban J connectivity index is 2.07. The number of nitrogens with two attached hydrogens (primary N) is 1. The monoisotopic (exact) mass is 316 g/mol. The molecule has 0 aromatic heterocycles.